The highest BCUT2D eigenvalue weighted by Crippen LogP contribution is 2.30. The summed E-state index contributed by atoms with van der Waals surface area (Å²) in [4.78, 5) is 25.8. The number of aromatic nitrogens is 4. The lowest BCUT2D eigenvalue weighted by molar-refractivity contribution is -0.275. The van der Waals surface area contributed by atoms with E-state index in [0.717, 1.165) is 12.1 Å². The lowest BCUT2D eigenvalue weighted by Crippen LogP contribution is -2.41. The highest BCUT2D eigenvalue weighted by atomic mass is 19.4. The van der Waals surface area contributed by atoms with E-state index in [4.69, 9.17) is 9.26 Å². The molecule has 4 rings (SSSR count). The summed E-state index contributed by atoms with van der Waals surface area (Å²) in [5.74, 6) is -2.04. The van der Waals surface area contributed by atoms with Crippen molar-refractivity contribution in [2.24, 2.45) is 0 Å². The van der Waals surface area contributed by atoms with Crippen LogP contribution >= 0.6 is 0 Å². The fraction of sp³-hybridized carbons (Fsp3) is 0.350. The number of nitrogens with one attached hydrogen (secondary N) is 1. The van der Waals surface area contributed by atoms with Gasteiger partial charge in [-0.05, 0) is 38.1 Å². The number of benzene rings is 1. The first-order valence-corrected chi connectivity index (χ1v) is 10.1. The number of alkyl halides is 3. The Morgan fingerprint density at radius 2 is 2.03 bits per heavy atom. The molecule has 1 aromatic carbocycles. The van der Waals surface area contributed by atoms with E-state index in [-0.39, 0.29) is 35.7 Å². The van der Waals surface area contributed by atoms with Gasteiger partial charge in [0.1, 0.15) is 24.5 Å². The first-order valence-electron chi connectivity index (χ1n) is 10.1. The SMILES string of the molecule is C[C@H](Nc1nccc(N2C(=O)OCC2[C@@H](C)O)n1)c1nc(-c2ccc(F)c(OC(F)(F)F)c2)no1. The van der Waals surface area contributed by atoms with Crippen LogP contribution in [0.4, 0.5) is 34.1 Å². The summed E-state index contributed by atoms with van der Waals surface area (Å²) in [5.41, 5.74) is 0.0304. The standard InChI is InChI=1S/C20H18F4N6O5/c1-9(26-18-25-6-5-15(27-18)30-13(10(2)31)8-33-19(30)32)17-28-16(29-35-17)11-3-4-12(21)14(7-11)34-20(22,23)24/h3-7,9-10,13,31H,8H2,1-2H3,(H,25,26,27)/t9-,10+,13?/m0/s1. The number of aliphatic hydroxyl groups excluding tert-OH is 1. The van der Waals surface area contributed by atoms with Crippen LogP contribution in [0.1, 0.15) is 25.8 Å². The summed E-state index contributed by atoms with van der Waals surface area (Å²) in [6.07, 6.45) is -5.21. The smallest absolute Gasteiger partial charge is 0.447 e. The third kappa shape index (κ3) is 5.40. The molecule has 1 saturated heterocycles. The Bertz CT molecular complexity index is 1220. The second kappa shape index (κ2) is 9.32. The average molecular weight is 498 g/mol. The highest BCUT2D eigenvalue weighted by Gasteiger charge is 2.38. The Morgan fingerprint density at radius 3 is 2.74 bits per heavy atom. The molecular weight excluding hydrogens is 480 g/mol. The lowest BCUT2D eigenvalue weighted by atomic mass is 10.2. The minimum absolute atomic E-state index is 0.00351. The number of halogens is 4. The Balaban J connectivity index is 1.50. The number of nitrogens with zero attached hydrogens (tertiary/aromatic N) is 5. The second-order valence-corrected chi connectivity index (χ2v) is 7.51. The molecule has 2 N–H and O–H groups in total. The van der Waals surface area contributed by atoms with Gasteiger partial charge in [0.05, 0.1) is 6.10 Å². The van der Waals surface area contributed by atoms with E-state index in [1.807, 2.05) is 0 Å². The number of aliphatic hydroxyl groups is 1. The number of carbonyl (C=O) groups excluding carboxylic acids is 1. The molecule has 11 nitrogen and oxygen atoms in total. The molecule has 1 aliphatic heterocycles. The molecule has 186 valence electrons. The van der Waals surface area contributed by atoms with Crippen LogP contribution < -0.4 is 15.0 Å². The van der Waals surface area contributed by atoms with E-state index in [9.17, 15) is 27.5 Å². The molecule has 1 unspecified atom stereocenters. The zero-order valence-electron chi connectivity index (χ0n) is 18.2. The topological polar surface area (TPSA) is 136 Å². The van der Waals surface area contributed by atoms with Gasteiger partial charge in [-0.25, -0.2) is 14.2 Å². The van der Waals surface area contributed by atoms with Gasteiger partial charge < -0.3 is 24.4 Å². The fourth-order valence-corrected chi connectivity index (χ4v) is 3.24. The number of ether oxygens (including phenoxy) is 2. The highest BCUT2D eigenvalue weighted by molar-refractivity contribution is 5.89. The molecule has 3 aromatic rings. The fourth-order valence-electron chi connectivity index (χ4n) is 3.24. The molecule has 0 spiro atoms. The Kier molecular flexibility index (Phi) is 6.43. The molecule has 0 saturated carbocycles. The minimum Gasteiger partial charge on any atom is -0.447 e. The van der Waals surface area contributed by atoms with Gasteiger partial charge >= 0.3 is 12.5 Å². The van der Waals surface area contributed by atoms with Crippen LogP contribution in [0.3, 0.4) is 0 Å². The number of anilines is 2. The maximum Gasteiger partial charge on any atom is 0.573 e. The largest absolute Gasteiger partial charge is 0.573 e. The van der Waals surface area contributed by atoms with Gasteiger partial charge in [-0.3, -0.25) is 4.90 Å². The first-order chi connectivity index (χ1) is 16.5. The predicted octanol–water partition coefficient (Wildman–Crippen LogP) is 3.44. The minimum atomic E-state index is -5.07. The number of carbonyl (C=O) groups is 1. The van der Waals surface area contributed by atoms with Gasteiger partial charge in [0.15, 0.2) is 11.6 Å². The number of rotatable bonds is 7. The van der Waals surface area contributed by atoms with Gasteiger partial charge in [0, 0.05) is 11.8 Å². The Hall–Kier alpha value is -4.01. The molecule has 1 aliphatic rings. The third-order valence-corrected chi connectivity index (χ3v) is 4.92. The number of cyclic esters (lactones) is 1. The van der Waals surface area contributed by atoms with Crippen molar-refractivity contribution < 1.29 is 41.5 Å². The van der Waals surface area contributed by atoms with E-state index in [1.54, 1.807) is 6.92 Å². The van der Waals surface area contributed by atoms with E-state index in [2.05, 4.69) is 30.2 Å². The molecule has 15 heteroatoms. The van der Waals surface area contributed by atoms with Crippen molar-refractivity contribution >= 4 is 17.9 Å². The van der Waals surface area contributed by atoms with Crippen molar-refractivity contribution in [3.63, 3.8) is 0 Å². The molecule has 0 bridgehead atoms. The van der Waals surface area contributed by atoms with Crippen LogP contribution in [-0.4, -0.2) is 56.4 Å². The lowest BCUT2D eigenvalue weighted by Gasteiger charge is -2.22. The summed E-state index contributed by atoms with van der Waals surface area (Å²) in [7, 11) is 0. The molecular formula is C20H18F4N6O5. The van der Waals surface area contributed by atoms with Gasteiger partial charge in [-0.2, -0.15) is 9.97 Å². The van der Waals surface area contributed by atoms with Crippen LogP contribution in [-0.2, 0) is 4.74 Å². The van der Waals surface area contributed by atoms with Crippen LogP contribution in [0, 0.1) is 5.82 Å². The van der Waals surface area contributed by atoms with Crippen LogP contribution in [0.15, 0.2) is 35.0 Å². The van der Waals surface area contributed by atoms with Crippen LogP contribution in [0.25, 0.3) is 11.4 Å². The molecule has 0 aliphatic carbocycles. The predicted molar refractivity (Wildman–Crippen MR) is 110 cm³/mol. The number of hydrogen-bond acceptors (Lipinski definition) is 10. The van der Waals surface area contributed by atoms with Crippen molar-refractivity contribution in [2.45, 2.75) is 38.4 Å². The van der Waals surface area contributed by atoms with E-state index < -0.39 is 42.2 Å². The Labute approximate surface area is 194 Å². The molecule has 1 fully saturated rings. The van der Waals surface area contributed by atoms with Gasteiger partial charge in [-0.15, -0.1) is 13.2 Å². The summed E-state index contributed by atoms with van der Waals surface area (Å²) >= 11 is 0. The van der Waals surface area contributed by atoms with Crippen molar-refractivity contribution in [1.29, 1.82) is 0 Å². The second-order valence-electron chi connectivity index (χ2n) is 7.51. The summed E-state index contributed by atoms with van der Waals surface area (Å²) in [5, 5.41) is 16.5. The van der Waals surface area contributed by atoms with Crippen molar-refractivity contribution in [2.75, 3.05) is 16.8 Å². The van der Waals surface area contributed by atoms with Crippen LogP contribution in [0.2, 0.25) is 0 Å². The quantitative estimate of drug-likeness (QED) is 0.466. The Morgan fingerprint density at radius 1 is 1.26 bits per heavy atom. The molecule has 3 heterocycles. The monoisotopic (exact) mass is 498 g/mol. The number of amides is 1. The zero-order chi connectivity index (χ0) is 25.3. The van der Waals surface area contributed by atoms with Crippen molar-refractivity contribution in [3.8, 4) is 17.1 Å². The van der Waals surface area contributed by atoms with Gasteiger partial charge in [-0.1, -0.05) is 5.16 Å². The van der Waals surface area contributed by atoms with Gasteiger partial charge in [0.2, 0.25) is 17.7 Å². The summed E-state index contributed by atoms with van der Waals surface area (Å²) in [6, 6.07) is 2.94. The molecule has 2 aromatic heterocycles. The van der Waals surface area contributed by atoms with E-state index >= 15 is 0 Å². The molecule has 0 radical (unpaired) electrons. The zero-order valence-corrected chi connectivity index (χ0v) is 18.2. The summed E-state index contributed by atoms with van der Waals surface area (Å²) < 4.78 is 64.9. The number of hydrogen-bond donors (Lipinski definition) is 2. The van der Waals surface area contributed by atoms with Crippen molar-refractivity contribution in [3.05, 3.63) is 42.2 Å². The molecule has 1 amide bonds. The summed E-state index contributed by atoms with van der Waals surface area (Å²) in [6.45, 7) is 3.15. The maximum absolute atomic E-state index is 13.7. The molecule has 3 atom stereocenters. The third-order valence-electron chi connectivity index (χ3n) is 4.92. The first kappa shape index (κ1) is 24.1. The normalized spacial score (nSPS) is 17.7. The van der Waals surface area contributed by atoms with Gasteiger partial charge in [0.25, 0.3) is 0 Å². The average Bonchev–Trinajstić information content (AvgIpc) is 3.42. The van der Waals surface area contributed by atoms with E-state index in [0.29, 0.717) is 0 Å². The van der Waals surface area contributed by atoms with E-state index in [1.165, 1.54) is 30.2 Å². The maximum atomic E-state index is 13.7. The molecule has 35 heavy (non-hydrogen) atoms. The van der Waals surface area contributed by atoms with Crippen LogP contribution in [0.5, 0.6) is 5.75 Å². The van der Waals surface area contributed by atoms with Crippen molar-refractivity contribution in [1.82, 2.24) is 20.1 Å².